The van der Waals surface area contributed by atoms with Crippen LogP contribution in [0.3, 0.4) is 0 Å². The van der Waals surface area contributed by atoms with Gasteiger partial charge in [0.1, 0.15) is 0 Å². The summed E-state index contributed by atoms with van der Waals surface area (Å²) in [4.78, 5) is 11.4. The average molecular weight is 252 g/mol. The van der Waals surface area contributed by atoms with Gasteiger partial charge in [-0.1, -0.05) is 44.9 Å². The van der Waals surface area contributed by atoms with E-state index in [9.17, 15) is 15.0 Å². The topological polar surface area (TPSA) is 57.5 Å². The number of aliphatic hydroxyl groups excluding tert-OH is 1. The van der Waals surface area contributed by atoms with E-state index in [4.69, 9.17) is 0 Å². The van der Waals surface area contributed by atoms with Crippen LogP contribution in [0, 0.1) is 5.92 Å². The number of carbonyl (C=O) groups is 1. The second-order valence-electron chi connectivity index (χ2n) is 5.42. The van der Waals surface area contributed by atoms with Crippen molar-refractivity contribution in [3.8, 4) is 0 Å². The molecule has 0 saturated heterocycles. The number of aliphatic hydroxyl groups is 2. The normalized spacial score (nSPS) is 28.0. The fourth-order valence-corrected chi connectivity index (χ4v) is 2.24. The van der Waals surface area contributed by atoms with Gasteiger partial charge in [-0.25, -0.2) is 0 Å². The molecule has 1 aliphatic rings. The smallest absolute Gasteiger partial charge is 0.161 e. The first-order valence-electron chi connectivity index (χ1n) is 6.69. The molecule has 3 heteroatoms. The van der Waals surface area contributed by atoms with Gasteiger partial charge in [-0.05, 0) is 18.9 Å². The van der Waals surface area contributed by atoms with Crippen LogP contribution in [0.4, 0.5) is 0 Å². The Morgan fingerprint density at radius 3 is 2.67 bits per heavy atom. The first-order chi connectivity index (χ1) is 8.37. The Morgan fingerprint density at radius 1 is 1.50 bits per heavy atom. The van der Waals surface area contributed by atoms with Gasteiger partial charge < -0.3 is 10.2 Å². The van der Waals surface area contributed by atoms with E-state index in [-0.39, 0.29) is 18.1 Å². The Labute approximate surface area is 109 Å². The van der Waals surface area contributed by atoms with Crippen molar-refractivity contribution >= 4 is 5.78 Å². The van der Waals surface area contributed by atoms with E-state index in [1.54, 1.807) is 19.1 Å². The molecule has 18 heavy (non-hydrogen) atoms. The Bertz CT molecular complexity index is 342. The van der Waals surface area contributed by atoms with Crippen LogP contribution in [0.2, 0.25) is 0 Å². The number of ketones is 1. The van der Waals surface area contributed by atoms with Gasteiger partial charge in [0.15, 0.2) is 5.78 Å². The van der Waals surface area contributed by atoms with Crippen LogP contribution in [-0.2, 0) is 4.79 Å². The summed E-state index contributed by atoms with van der Waals surface area (Å²) in [6, 6.07) is 0. The molecule has 0 heterocycles. The van der Waals surface area contributed by atoms with Crippen LogP contribution in [0.1, 0.15) is 46.0 Å². The van der Waals surface area contributed by atoms with Gasteiger partial charge in [-0.15, -0.1) is 0 Å². The number of carbonyl (C=O) groups excluding carboxylic acids is 1. The molecule has 0 aromatic heterocycles. The lowest BCUT2D eigenvalue weighted by atomic mass is 9.94. The van der Waals surface area contributed by atoms with Crippen molar-refractivity contribution in [2.45, 2.75) is 57.7 Å². The van der Waals surface area contributed by atoms with Crippen molar-refractivity contribution in [2.75, 3.05) is 0 Å². The maximum absolute atomic E-state index is 11.4. The summed E-state index contributed by atoms with van der Waals surface area (Å²) in [6.45, 7) is 7.58. The zero-order chi connectivity index (χ0) is 13.8. The van der Waals surface area contributed by atoms with E-state index < -0.39 is 11.7 Å². The minimum absolute atomic E-state index is 0.0808. The predicted octanol–water partition coefficient (Wildman–Crippen LogP) is 2.38. The summed E-state index contributed by atoms with van der Waals surface area (Å²) in [6.07, 6.45) is 6.76. The van der Waals surface area contributed by atoms with E-state index in [0.29, 0.717) is 12.0 Å². The zero-order valence-corrected chi connectivity index (χ0v) is 11.4. The molecule has 3 atom stereocenters. The van der Waals surface area contributed by atoms with Crippen LogP contribution < -0.4 is 0 Å². The van der Waals surface area contributed by atoms with Crippen molar-refractivity contribution in [1.29, 1.82) is 0 Å². The van der Waals surface area contributed by atoms with Gasteiger partial charge in [0.25, 0.3) is 0 Å². The maximum Gasteiger partial charge on any atom is 0.161 e. The maximum atomic E-state index is 11.4. The molecular formula is C15H24O3. The number of rotatable bonds is 6. The van der Waals surface area contributed by atoms with Crippen LogP contribution in [0.25, 0.3) is 0 Å². The summed E-state index contributed by atoms with van der Waals surface area (Å²) < 4.78 is 0. The molecule has 1 fully saturated rings. The SMILES string of the molecule is C=C1C(=O)C[C@@H](O)[C@@H]1/C=C/C(C)(O)CCCCC. The van der Waals surface area contributed by atoms with Crippen LogP contribution in [0.15, 0.2) is 24.3 Å². The largest absolute Gasteiger partial charge is 0.392 e. The van der Waals surface area contributed by atoms with Gasteiger partial charge in [0.05, 0.1) is 11.7 Å². The Morgan fingerprint density at radius 2 is 2.17 bits per heavy atom. The molecule has 1 aliphatic carbocycles. The van der Waals surface area contributed by atoms with Crippen molar-refractivity contribution in [2.24, 2.45) is 5.92 Å². The second kappa shape index (κ2) is 6.30. The van der Waals surface area contributed by atoms with E-state index in [1.165, 1.54) is 0 Å². The summed E-state index contributed by atoms with van der Waals surface area (Å²) in [5.74, 6) is -0.419. The van der Waals surface area contributed by atoms with Gasteiger partial charge in [-0.2, -0.15) is 0 Å². The standard InChI is InChI=1S/C15H24O3/c1-4-5-6-8-15(3,18)9-7-12-11(2)13(16)10-14(12)17/h7,9,12,14,17-18H,2,4-6,8,10H2,1,3H3/b9-7+/t12-,14-,15?/m1/s1. The highest BCUT2D eigenvalue weighted by Gasteiger charge is 2.33. The Kier molecular flexibility index (Phi) is 5.29. The number of Topliss-reactive ketones (excluding diaryl/α,β-unsaturated/α-hetero) is 1. The van der Waals surface area contributed by atoms with Crippen LogP contribution in [-0.4, -0.2) is 27.7 Å². The minimum Gasteiger partial charge on any atom is -0.392 e. The Balaban J connectivity index is 2.57. The van der Waals surface area contributed by atoms with Crippen LogP contribution >= 0.6 is 0 Å². The lowest BCUT2D eigenvalue weighted by molar-refractivity contribution is -0.115. The fraction of sp³-hybridized carbons (Fsp3) is 0.667. The summed E-state index contributed by atoms with van der Waals surface area (Å²) in [5, 5.41) is 19.9. The van der Waals surface area contributed by atoms with Gasteiger partial charge in [0.2, 0.25) is 0 Å². The number of unbranched alkanes of at least 4 members (excludes halogenated alkanes) is 2. The first kappa shape index (κ1) is 15.1. The minimum atomic E-state index is -0.874. The van der Waals surface area contributed by atoms with Crippen molar-refractivity contribution in [3.63, 3.8) is 0 Å². The summed E-state index contributed by atoms with van der Waals surface area (Å²) >= 11 is 0. The van der Waals surface area contributed by atoms with Gasteiger partial charge in [0, 0.05) is 12.3 Å². The second-order valence-corrected chi connectivity index (χ2v) is 5.42. The fourth-order valence-electron chi connectivity index (χ4n) is 2.24. The monoisotopic (exact) mass is 252 g/mol. The highest BCUT2D eigenvalue weighted by Crippen LogP contribution is 2.29. The molecule has 2 N–H and O–H groups in total. The molecule has 0 amide bonds. The van der Waals surface area contributed by atoms with E-state index in [0.717, 1.165) is 19.3 Å². The lowest BCUT2D eigenvalue weighted by Crippen LogP contribution is -2.22. The van der Waals surface area contributed by atoms with Crippen LogP contribution in [0.5, 0.6) is 0 Å². The Hall–Kier alpha value is -0.930. The van der Waals surface area contributed by atoms with Crippen molar-refractivity contribution in [1.82, 2.24) is 0 Å². The molecule has 0 aromatic rings. The van der Waals surface area contributed by atoms with E-state index in [1.807, 2.05) is 0 Å². The number of hydrogen-bond donors (Lipinski definition) is 2. The molecular weight excluding hydrogens is 228 g/mol. The molecule has 1 unspecified atom stereocenters. The highest BCUT2D eigenvalue weighted by molar-refractivity contribution is 5.98. The molecule has 1 rings (SSSR count). The average Bonchev–Trinajstić information content (AvgIpc) is 2.51. The lowest BCUT2D eigenvalue weighted by Gasteiger charge is -2.20. The summed E-state index contributed by atoms with van der Waals surface area (Å²) in [5.41, 5.74) is -0.427. The molecule has 102 valence electrons. The quantitative estimate of drug-likeness (QED) is 0.433. The van der Waals surface area contributed by atoms with Gasteiger partial charge in [-0.3, -0.25) is 4.79 Å². The molecule has 3 nitrogen and oxygen atoms in total. The van der Waals surface area contributed by atoms with Crippen molar-refractivity contribution < 1.29 is 15.0 Å². The molecule has 0 bridgehead atoms. The third kappa shape index (κ3) is 4.07. The molecule has 0 aliphatic heterocycles. The third-order valence-electron chi connectivity index (χ3n) is 3.52. The van der Waals surface area contributed by atoms with E-state index in [2.05, 4.69) is 13.5 Å². The molecule has 0 spiro atoms. The zero-order valence-electron chi connectivity index (χ0n) is 11.4. The summed E-state index contributed by atoms with van der Waals surface area (Å²) in [7, 11) is 0. The molecule has 0 radical (unpaired) electrons. The predicted molar refractivity (Wildman–Crippen MR) is 72.2 cm³/mol. The first-order valence-corrected chi connectivity index (χ1v) is 6.69. The molecule has 1 saturated carbocycles. The third-order valence-corrected chi connectivity index (χ3v) is 3.52. The van der Waals surface area contributed by atoms with E-state index >= 15 is 0 Å². The van der Waals surface area contributed by atoms with Crippen molar-refractivity contribution in [3.05, 3.63) is 24.3 Å². The number of hydrogen-bond acceptors (Lipinski definition) is 3. The molecule has 0 aromatic carbocycles. The highest BCUT2D eigenvalue weighted by atomic mass is 16.3. The van der Waals surface area contributed by atoms with Gasteiger partial charge >= 0.3 is 0 Å².